The van der Waals surface area contributed by atoms with E-state index in [9.17, 15) is 9.59 Å². The molecular weight excluding hydrogens is 380 g/mol. The molecule has 0 aliphatic carbocycles. The molecule has 1 saturated heterocycles. The molecule has 1 amide bonds. The van der Waals surface area contributed by atoms with Gasteiger partial charge in [-0.05, 0) is 53.7 Å². The van der Waals surface area contributed by atoms with E-state index in [0.29, 0.717) is 12.4 Å². The van der Waals surface area contributed by atoms with Crippen molar-refractivity contribution in [3.8, 4) is 5.75 Å². The summed E-state index contributed by atoms with van der Waals surface area (Å²) in [7, 11) is 1.24. The van der Waals surface area contributed by atoms with Crippen LogP contribution in [0.25, 0.3) is 0 Å². The summed E-state index contributed by atoms with van der Waals surface area (Å²) in [4.78, 5) is 27.3. The molecular formula is C19H16N4O4S. The van der Waals surface area contributed by atoms with E-state index in [1.165, 1.54) is 7.11 Å². The summed E-state index contributed by atoms with van der Waals surface area (Å²) < 4.78 is 10.2. The van der Waals surface area contributed by atoms with E-state index in [1.807, 2.05) is 42.5 Å². The van der Waals surface area contributed by atoms with Crippen LogP contribution in [0, 0.1) is 0 Å². The van der Waals surface area contributed by atoms with Crippen molar-refractivity contribution in [2.24, 2.45) is 10.2 Å². The summed E-state index contributed by atoms with van der Waals surface area (Å²) in [6, 6.07) is 13.0. The topological polar surface area (TPSA) is 102 Å². The number of amidine groups is 1. The summed E-state index contributed by atoms with van der Waals surface area (Å²) in [5.41, 5.74) is 1.66. The second kappa shape index (κ2) is 9.47. The summed E-state index contributed by atoms with van der Waals surface area (Å²) in [5, 5.41) is 10.7. The molecule has 0 saturated carbocycles. The van der Waals surface area contributed by atoms with Crippen molar-refractivity contribution in [3.63, 3.8) is 0 Å². The fourth-order valence-corrected chi connectivity index (χ4v) is 2.82. The second-order valence-corrected chi connectivity index (χ2v) is 6.45. The zero-order valence-corrected chi connectivity index (χ0v) is 15.7. The van der Waals surface area contributed by atoms with E-state index < -0.39 is 11.9 Å². The Morgan fingerprint density at radius 3 is 2.79 bits per heavy atom. The molecule has 28 heavy (non-hydrogen) atoms. The molecule has 1 aliphatic heterocycles. The third-order valence-corrected chi connectivity index (χ3v) is 4.35. The lowest BCUT2D eigenvalue weighted by Crippen LogP contribution is -2.19. The number of esters is 1. The van der Waals surface area contributed by atoms with Crippen LogP contribution in [0.5, 0.6) is 5.75 Å². The van der Waals surface area contributed by atoms with E-state index in [2.05, 4.69) is 25.2 Å². The van der Waals surface area contributed by atoms with Crippen molar-refractivity contribution in [3.05, 3.63) is 70.9 Å². The Morgan fingerprint density at radius 2 is 2.07 bits per heavy atom. The maximum atomic E-state index is 11.7. The number of amides is 1. The third-order valence-electron chi connectivity index (χ3n) is 3.45. The van der Waals surface area contributed by atoms with Crippen LogP contribution in [-0.4, -0.2) is 35.4 Å². The number of carbonyl (C=O) groups excluding carboxylic acids is 2. The number of rotatable bonds is 6. The Hall–Kier alpha value is -3.46. The van der Waals surface area contributed by atoms with Gasteiger partial charge in [-0.1, -0.05) is 6.07 Å². The molecule has 0 unspecified atom stereocenters. The van der Waals surface area contributed by atoms with Crippen LogP contribution in [0.4, 0.5) is 0 Å². The van der Waals surface area contributed by atoms with Gasteiger partial charge in [0, 0.05) is 12.3 Å². The molecule has 9 heteroatoms. The molecule has 8 nitrogen and oxygen atoms in total. The number of methoxy groups -OCH3 is 1. The monoisotopic (exact) mass is 396 g/mol. The number of hydrogen-bond donors (Lipinski definition) is 1. The quantitative estimate of drug-likeness (QED) is 0.348. The molecule has 0 atom stereocenters. The lowest BCUT2D eigenvalue weighted by atomic mass is 10.2. The number of pyridine rings is 1. The highest BCUT2D eigenvalue weighted by Crippen LogP contribution is 2.23. The smallest absolute Gasteiger partial charge is 0.331 e. The van der Waals surface area contributed by atoms with Gasteiger partial charge in [-0.3, -0.25) is 15.1 Å². The van der Waals surface area contributed by atoms with Gasteiger partial charge in [-0.25, -0.2) is 4.79 Å². The maximum absolute atomic E-state index is 11.7. The van der Waals surface area contributed by atoms with Crippen molar-refractivity contribution in [2.45, 2.75) is 6.61 Å². The molecule has 3 rings (SSSR count). The average Bonchev–Trinajstić information content (AvgIpc) is 3.07. The SMILES string of the molecule is COC(=O)/C=C1/S/C(=N\N=Cc2ccc(OCc3ccccn3)cc2)NC1=O. The van der Waals surface area contributed by atoms with Gasteiger partial charge in [0.1, 0.15) is 12.4 Å². The van der Waals surface area contributed by atoms with Crippen molar-refractivity contribution in [2.75, 3.05) is 7.11 Å². The Balaban J connectivity index is 1.55. The number of benzene rings is 1. The van der Waals surface area contributed by atoms with Crippen molar-refractivity contribution < 1.29 is 19.1 Å². The number of nitrogens with zero attached hydrogens (tertiary/aromatic N) is 3. The number of aromatic nitrogens is 1. The van der Waals surface area contributed by atoms with Gasteiger partial charge >= 0.3 is 5.97 Å². The van der Waals surface area contributed by atoms with E-state index in [4.69, 9.17) is 4.74 Å². The summed E-state index contributed by atoms with van der Waals surface area (Å²) in [6.07, 6.45) is 4.37. The standard InChI is InChI=1S/C19H16N4O4S/c1-26-17(24)10-16-18(25)22-19(28-16)23-21-11-13-5-7-15(8-6-13)27-12-14-4-2-3-9-20-14/h2-11H,12H2,1H3,(H,22,23,25)/b16-10+,21-11?. The van der Waals surface area contributed by atoms with Crippen LogP contribution in [0.1, 0.15) is 11.3 Å². The first kappa shape index (κ1) is 19.3. The van der Waals surface area contributed by atoms with Gasteiger partial charge in [0.15, 0.2) is 5.17 Å². The fourth-order valence-electron chi connectivity index (χ4n) is 2.08. The highest BCUT2D eigenvalue weighted by molar-refractivity contribution is 8.18. The molecule has 2 aromatic rings. The number of nitrogens with one attached hydrogen (secondary N) is 1. The predicted molar refractivity (Wildman–Crippen MR) is 106 cm³/mol. The molecule has 1 aliphatic rings. The third kappa shape index (κ3) is 5.52. The largest absolute Gasteiger partial charge is 0.487 e. The molecule has 0 spiro atoms. The fraction of sp³-hybridized carbons (Fsp3) is 0.105. The Morgan fingerprint density at radius 1 is 1.25 bits per heavy atom. The van der Waals surface area contributed by atoms with Gasteiger partial charge in [-0.2, -0.15) is 5.10 Å². The summed E-state index contributed by atoms with van der Waals surface area (Å²) in [6.45, 7) is 0.389. The number of thioether (sulfide) groups is 1. The average molecular weight is 396 g/mol. The highest BCUT2D eigenvalue weighted by atomic mass is 32.2. The van der Waals surface area contributed by atoms with Crippen LogP contribution >= 0.6 is 11.8 Å². The van der Waals surface area contributed by atoms with Crippen LogP contribution in [0.2, 0.25) is 0 Å². The highest BCUT2D eigenvalue weighted by Gasteiger charge is 2.24. The van der Waals surface area contributed by atoms with E-state index in [-0.39, 0.29) is 10.1 Å². The number of carbonyl (C=O) groups is 2. The molecule has 1 fully saturated rings. The molecule has 142 valence electrons. The van der Waals surface area contributed by atoms with Gasteiger partial charge in [0.05, 0.1) is 23.9 Å². The normalized spacial score (nSPS) is 16.5. The van der Waals surface area contributed by atoms with Gasteiger partial charge in [0.25, 0.3) is 5.91 Å². The van der Waals surface area contributed by atoms with E-state index in [1.54, 1.807) is 12.4 Å². The second-order valence-electron chi connectivity index (χ2n) is 5.42. The van der Waals surface area contributed by atoms with Crippen molar-refractivity contribution in [1.29, 1.82) is 0 Å². The zero-order chi connectivity index (χ0) is 19.8. The lowest BCUT2D eigenvalue weighted by molar-refractivity contribution is -0.135. The van der Waals surface area contributed by atoms with Crippen LogP contribution in [-0.2, 0) is 20.9 Å². The number of hydrogen-bond acceptors (Lipinski definition) is 8. The minimum absolute atomic E-state index is 0.204. The molecule has 0 bridgehead atoms. The first-order valence-electron chi connectivity index (χ1n) is 8.16. The first-order valence-corrected chi connectivity index (χ1v) is 8.98. The van der Waals surface area contributed by atoms with Crippen molar-refractivity contribution >= 4 is 35.0 Å². The Kier molecular flexibility index (Phi) is 6.53. The van der Waals surface area contributed by atoms with E-state index >= 15 is 0 Å². The molecule has 1 N–H and O–H groups in total. The minimum Gasteiger partial charge on any atom is -0.487 e. The minimum atomic E-state index is -0.604. The lowest BCUT2D eigenvalue weighted by Gasteiger charge is -2.05. The van der Waals surface area contributed by atoms with Gasteiger partial charge < -0.3 is 9.47 Å². The summed E-state index contributed by atoms with van der Waals surface area (Å²) in [5.74, 6) is -0.308. The molecule has 0 radical (unpaired) electrons. The predicted octanol–water partition coefficient (Wildman–Crippen LogP) is 2.27. The molecule has 1 aromatic heterocycles. The maximum Gasteiger partial charge on any atom is 0.331 e. The zero-order valence-electron chi connectivity index (χ0n) is 14.9. The van der Waals surface area contributed by atoms with Crippen LogP contribution in [0.3, 0.4) is 0 Å². The van der Waals surface area contributed by atoms with Crippen LogP contribution in [0.15, 0.2) is 69.8 Å². The van der Waals surface area contributed by atoms with Gasteiger partial charge in [0.2, 0.25) is 0 Å². The van der Waals surface area contributed by atoms with E-state index in [0.717, 1.165) is 29.1 Å². The van der Waals surface area contributed by atoms with Crippen LogP contribution < -0.4 is 10.1 Å². The van der Waals surface area contributed by atoms with Gasteiger partial charge in [-0.15, -0.1) is 5.10 Å². The molecule has 2 heterocycles. The Labute approximate surface area is 165 Å². The first-order chi connectivity index (χ1) is 13.6. The summed E-state index contributed by atoms with van der Waals surface area (Å²) >= 11 is 1.01. The molecule has 1 aromatic carbocycles. The Bertz CT molecular complexity index is 940. The number of ether oxygens (including phenoxy) is 2. The van der Waals surface area contributed by atoms with Crippen molar-refractivity contribution in [1.82, 2.24) is 10.3 Å².